The molecule has 0 aromatic heterocycles. The Bertz CT molecular complexity index is 686. The van der Waals surface area contributed by atoms with E-state index in [0.717, 1.165) is 36.0 Å². The maximum absolute atomic E-state index is 9.22. The summed E-state index contributed by atoms with van der Waals surface area (Å²) >= 11 is 0. The lowest BCUT2D eigenvalue weighted by molar-refractivity contribution is -0.160. The van der Waals surface area contributed by atoms with Gasteiger partial charge in [-0.3, -0.25) is 0 Å². The number of hydrogen-bond acceptors (Lipinski definition) is 2. The van der Waals surface area contributed by atoms with Crippen molar-refractivity contribution < 1.29 is 9.84 Å². The number of aliphatic hydroxyl groups is 1. The first-order valence-electron chi connectivity index (χ1n) is 13.1. The maximum atomic E-state index is 9.22. The average molecular weight is 415 g/mol. The Labute approximate surface area is 185 Å². The van der Waals surface area contributed by atoms with Crippen LogP contribution in [0.5, 0.6) is 0 Å². The molecule has 170 valence electrons. The fraction of sp³-hybridized carbons (Fsp3) is 0.929. The molecule has 0 unspecified atom stereocenters. The number of rotatable bonds is 6. The van der Waals surface area contributed by atoms with Crippen LogP contribution in [0.1, 0.15) is 85.5 Å². The van der Waals surface area contributed by atoms with Crippen LogP contribution in [0.2, 0.25) is 0 Å². The van der Waals surface area contributed by atoms with Gasteiger partial charge in [0.15, 0.2) is 0 Å². The molecule has 1 spiro atoms. The number of fused-ring (bicyclic) bond motifs is 4. The Kier molecular flexibility index (Phi) is 5.26. The third-order valence-electron chi connectivity index (χ3n) is 11.9. The second kappa shape index (κ2) is 7.34. The topological polar surface area (TPSA) is 29.5 Å². The van der Waals surface area contributed by atoms with Gasteiger partial charge in [-0.2, -0.15) is 0 Å². The lowest BCUT2D eigenvalue weighted by Crippen LogP contribution is -2.57. The molecule has 0 aliphatic heterocycles. The molecule has 5 aliphatic carbocycles. The molecular weight excluding hydrogens is 368 g/mol. The highest BCUT2D eigenvalue weighted by Crippen LogP contribution is 2.82. The molecule has 0 heterocycles. The zero-order valence-corrected chi connectivity index (χ0v) is 20.2. The molecule has 0 aromatic rings. The molecule has 0 saturated heterocycles. The molecule has 5 saturated carbocycles. The second-order valence-corrected chi connectivity index (χ2v) is 12.7. The van der Waals surface area contributed by atoms with Gasteiger partial charge in [-0.15, -0.1) is 0 Å². The minimum Gasteiger partial charge on any atom is -0.396 e. The smallest absolute Gasteiger partial charge is 0.0638 e. The normalized spacial score (nSPS) is 53.7. The molecular formula is C28H46O2. The third kappa shape index (κ3) is 2.74. The minimum absolute atomic E-state index is 0.300. The highest BCUT2D eigenvalue weighted by molar-refractivity contribution is 5.26. The zero-order chi connectivity index (χ0) is 21.3. The largest absolute Gasteiger partial charge is 0.396 e. The summed E-state index contributed by atoms with van der Waals surface area (Å²) in [5.74, 6) is 5.68. The molecule has 5 fully saturated rings. The van der Waals surface area contributed by atoms with Gasteiger partial charge in [0.05, 0.1) is 6.10 Å². The van der Waals surface area contributed by atoms with Crippen molar-refractivity contribution in [3.8, 4) is 0 Å². The first kappa shape index (κ1) is 21.5. The number of hydrogen-bond donors (Lipinski definition) is 1. The standard InChI is InChI=1S/C28H46O2/c1-18(12-15-29)6-7-19(2)22-8-9-23-21-16-25(30-5)28-17-20(28)10-14-27(28,4)24(21)11-13-26(22,23)3/h6-7,18-25,29H,8-17H2,1-5H3/b7-6+/t18-,19-,20-,21+,22-,23+,24+,25-,26-,27-,28+/m1/s1. The van der Waals surface area contributed by atoms with Crippen LogP contribution in [0, 0.1) is 57.7 Å². The van der Waals surface area contributed by atoms with Gasteiger partial charge < -0.3 is 9.84 Å². The van der Waals surface area contributed by atoms with Gasteiger partial charge in [-0.25, -0.2) is 0 Å². The van der Waals surface area contributed by atoms with Crippen LogP contribution in [0.3, 0.4) is 0 Å². The Balaban J connectivity index is 1.37. The van der Waals surface area contributed by atoms with Crippen LogP contribution in [0.25, 0.3) is 0 Å². The summed E-state index contributed by atoms with van der Waals surface area (Å²) in [5, 5.41) is 9.22. The summed E-state index contributed by atoms with van der Waals surface area (Å²) in [6.45, 7) is 10.4. The summed E-state index contributed by atoms with van der Waals surface area (Å²) in [6.07, 6.45) is 17.8. The van der Waals surface area contributed by atoms with Crippen molar-refractivity contribution in [3.63, 3.8) is 0 Å². The predicted octanol–water partition coefficient (Wildman–Crippen LogP) is 6.48. The fourth-order valence-electron chi connectivity index (χ4n) is 10.3. The van der Waals surface area contributed by atoms with Crippen LogP contribution in [-0.4, -0.2) is 24.9 Å². The minimum atomic E-state index is 0.300. The Morgan fingerprint density at radius 1 is 1.03 bits per heavy atom. The summed E-state index contributed by atoms with van der Waals surface area (Å²) in [4.78, 5) is 0. The van der Waals surface area contributed by atoms with E-state index in [-0.39, 0.29) is 0 Å². The second-order valence-electron chi connectivity index (χ2n) is 12.7. The molecule has 2 heteroatoms. The third-order valence-corrected chi connectivity index (χ3v) is 11.9. The van der Waals surface area contributed by atoms with Gasteiger partial charge >= 0.3 is 0 Å². The van der Waals surface area contributed by atoms with E-state index in [2.05, 4.69) is 39.8 Å². The highest BCUT2D eigenvalue weighted by Gasteiger charge is 2.77. The van der Waals surface area contributed by atoms with Gasteiger partial charge in [-0.1, -0.05) is 39.8 Å². The Hall–Kier alpha value is -0.340. The lowest BCUT2D eigenvalue weighted by Gasteiger charge is -2.61. The monoisotopic (exact) mass is 414 g/mol. The van der Waals surface area contributed by atoms with Crippen LogP contribution in [-0.2, 0) is 4.74 Å². The van der Waals surface area contributed by atoms with Crippen molar-refractivity contribution in [2.24, 2.45) is 57.7 Å². The maximum Gasteiger partial charge on any atom is 0.0638 e. The van der Waals surface area contributed by atoms with Crippen molar-refractivity contribution >= 4 is 0 Å². The molecule has 11 atom stereocenters. The number of methoxy groups -OCH3 is 1. The summed E-state index contributed by atoms with van der Waals surface area (Å²) in [7, 11) is 2.01. The van der Waals surface area contributed by atoms with Crippen molar-refractivity contribution in [2.45, 2.75) is 91.6 Å². The van der Waals surface area contributed by atoms with E-state index in [0.29, 0.717) is 40.8 Å². The SMILES string of the molecule is CO[C@@H]1C[C@H]2[C@@H]3CC[C@H]([C@H](C)/C=C/[C@@H](C)CCO)[C@@]3(C)CC[C@@H]2[C@@]2(C)CC[C@@H]3C[C@]312. The van der Waals surface area contributed by atoms with E-state index in [1.165, 1.54) is 51.4 Å². The van der Waals surface area contributed by atoms with Crippen LogP contribution in [0.15, 0.2) is 12.2 Å². The van der Waals surface area contributed by atoms with Crippen molar-refractivity contribution in [2.75, 3.05) is 13.7 Å². The molecule has 2 nitrogen and oxygen atoms in total. The van der Waals surface area contributed by atoms with Gasteiger partial charge in [0.1, 0.15) is 0 Å². The summed E-state index contributed by atoms with van der Waals surface area (Å²) in [6, 6.07) is 0. The van der Waals surface area contributed by atoms with E-state index < -0.39 is 0 Å². The van der Waals surface area contributed by atoms with Gasteiger partial charge in [0, 0.05) is 19.1 Å². The predicted molar refractivity (Wildman–Crippen MR) is 123 cm³/mol. The first-order valence-corrected chi connectivity index (χ1v) is 13.1. The van der Waals surface area contributed by atoms with E-state index in [9.17, 15) is 5.11 Å². The number of ether oxygens (including phenoxy) is 1. The van der Waals surface area contributed by atoms with Crippen molar-refractivity contribution in [1.29, 1.82) is 0 Å². The first-order chi connectivity index (χ1) is 14.3. The van der Waals surface area contributed by atoms with Crippen LogP contribution >= 0.6 is 0 Å². The molecule has 1 N–H and O–H groups in total. The quantitative estimate of drug-likeness (QED) is 0.504. The van der Waals surface area contributed by atoms with Gasteiger partial charge in [0.25, 0.3) is 0 Å². The van der Waals surface area contributed by atoms with Crippen LogP contribution < -0.4 is 0 Å². The molecule has 5 rings (SSSR count). The van der Waals surface area contributed by atoms with Crippen LogP contribution in [0.4, 0.5) is 0 Å². The van der Waals surface area contributed by atoms with Gasteiger partial charge in [0.2, 0.25) is 0 Å². The molecule has 5 aliphatic rings. The van der Waals surface area contributed by atoms with E-state index in [1.54, 1.807) is 0 Å². The number of aliphatic hydroxyl groups excluding tert-OH is 1. The molecule has 0 radical (unpaired) electrons. The van der Waals surface area contributed by atoms with E-state index in [4.69, 9.17) is 4.74 Å². The molecule has 30 heavy (non-hydrogen) atoms. The number of allylic oxidation sites excluding steroid dienone is 2. The lowest BCUT2D eigenvalue weighted by atomic mass is 9.45. The molecule has 0 bridgehead atoms. The summed E-state index contributed by atoms with van der Waals surface area (Å²) < 4.78 is 6.28. The fourth-order valence-corrected chi connectivity index (χ4v) is 10.3. The van der Waals surface area contributed by atoms with E-state index in [1.807, 2.05) is 7.11 Å². The Morgan fingerprint density at radius 2 is 1.83 bits per heavy atom. The zero-order valence-electron chi connectivity index (χ0n) is 20.2. The molecule has 0 amide bonds. The van der Waals surface area contributed by atoms with E-state index >= 15 is 0 Å². The highest BCUT2D eigenvalue weighted by atomic mass is 16.5. The van der Waals surface area contributed by atoms with Gasteiger partial charge in [-0.05, 0) is 110 Å². The summed E-state index contributed by atoms with van der Waals surface area (Å²) in [5.41, 5.74) is 1.60. The van der Waals surface area contributed by atoms with Crippen molar-refractivity contribution in [3.05, 3.63) is 12.2 Å². The Morgan fingerprint density at radius 3 is 2.53 bits per heavy atom. The molecule has 0 aromatic carbocycles. The average Bonchev–Trinajstić information content (AvgIpc) is 3.23. The van der Waals surface area contributed by atoms with Crippen molar-refractivity contribution in [1.82, 2.24) is 0 Å².